The molecule has 0 saturated heterocycles. The van der Waals surface area contributed by atoms with Crippen molar-refractivity contribution in [2.75, 3.05) is 0 Å². The van der Waals surface area contributed by atoms with Gasteiger partial charge in [0, 0.05) is 0 Å². The van der Waals surface area contributed by atoms with Gasteiger partial charge >= 0.3 is 120 Å². The zero-order valence-electron chi connectivity index (χ0n) is 28.5. The maximum atomic E-state index is 5.86. The van der Waals surface area contributed by atoms with Gasteiger partial charge in [-0.25, -0.2) is 29.2 Å². The number of benzene rings is 3. The minimum Gasteiger partial charge on any atom is -1.00 e. The molecular weight excluding hydrogens is 750 g/mol. The molecule has 5 unspecified atom stereocenters. The van der Waals surface area contributed by atoms with Crippen molar-refractivity contribution in [3.63, 3.8) is 0 Å². The molecule has 0 aliphatic heterocycles. The van der Waals surface area contributed by atoms with Crippen LogP contribution in [0, 0.1) is 35.0 Å². The van der Waals surface area contributed by atoms with E-state index in [0.717, 1.165) is 39.6 Å². The van der Waals surface area contributed by atoms with Gasteiger partial charge in [0.05, 0.1) is 0 Å². The zero-order valence-corrected chi connectivity index (χ0v) is 33.9. The van der Waals surface area contributed by atoms with Gasteiger partial charge in [0.2, 0.25) is 0 Å². The molecule has 48 heavy (non-hydrogen) atoms. The summed E-state index contributed by atoms with van der Waals surface area (Å²) in [5, 5.41) is 1.53. The van der Waals surface area contributed by atoms with E-state index in [2.05, 4.69) is 52.0 Å². The number of rotatable bonds is 2. The fourth-order valence-corrected chi connectivity index (χ4v) is 9.80. The van der Waals surface area contributed by atoms with E-state index < -0.39 is 0 Å². The first-order valence-electron chi connectivity index (χ1n) is 17.1. The molecule has 8 rings (SSSR count). The molecule has 252 valence electrons. The van der Waals surface area contributed by atoms with Gasteiger partial charge in [-0.2, -0.15) is 18.2 Å². The second-order valence-corrected chi connectivity index (χ2v) is 16.4. The third kappa shape index (κ3) is 8.19. The summed E-state index contributed by atoms with van der Waals surface area (Å²) in [6.45, 7) is 9.99. The van der Waals surface area contributed by atoms with E-state index in [1.807, 2.05) is 90.0 Å². The largest absolute Gasteiger partial charge is 1.00 e. The molecule has 4 aliphatic rings. The van der Waals surface area contributed by atoms with Crippen LogP contribution in [0.1, 0.15) is 88.0 Å². The van der Waals surface area contributed by atoms with E-state index in [1.54, 1.807) is 17.0 Å². The van der Waals surface area contributed by atoms with Gasteiger partial charge in [0.15, 0.2) is 0 Å². The number of hydrogen-bond acceptors (Lipinski definition) is 0. The summed E-state index contributed by atoms with van der Waals surface area (Å²) in [4.78, 5) is 0. The molecule has 2 fully saturated rings. The SMILES string of the molecule is C[C-]1C2=C3Cc4ccccc4C3C3CCCCC3C2CC(C)C1(C)C.Clc1ccc([C](=[Zr+2])c2ccc(Cl)cc2)cc1.[Cl-].[Cl-].c1cc[cH-]c1. The molecule has 4 aliphatic carbocycles. The molecule has 4 aromatic carbocycles. The minimum absolute atomic E-state index is 0. The summed E-state index contributed by atoms with van der Waals surface area (Å²) in [6.07, 6.45) is 8.52. The Hall–Kier alpha value is -1.47. The molecule has 0 heterocycles. The van der Waals surface area contributed by atoms with E-state index in [4.69, 9.17) is 23.2 Å². The summed E-state index contributed by atoms with van der Waals surface area (Å²) in [6, 6.07) is 35.2. The van der Waals surface area contributed by atoms with Crippen LogP contribution in [-0.2, 0) is 30.7 Å². The number of fused-ring (bicyclic) bond motifs is 7. The van der Waals surface area contributed by atoms with E-state index >= 15 is 0 Å². The third-order valence-corrected chi connectivity index (χ3v) is 13.6. The summed E-state index contributed by atoms with van der Waals surface area (Å²) < 4.78 is 1.31. The summed E-state index contributed by atoms with van der Waals surface area (Å²) in [7, 11) is 0. The first-order chi connectivity index (χ1) is 22.2. The standard InChI is InChI=1S/C25H33.C13H8Cl2.C5H5.2ClH.Zr/c1-15-13-21-19-11-7-8-12-20(19)24-18-10-6-5-9-17(18)14-22(24)23(21)16(2)25(15,3)4;14-12-5-1-10(2-6-12)9-11-3-7-13(15)8-4-11;1-2-4-5-3-1;;;/h5-6,9-10,15,19-21,24H,7-8,11-14H2,1-4H3;1-8H;1-5H;2*1H;/q-1;;-1;;;+2/p-2. The number of hydrogen-bond donors (Lipinski definition) is 0. The predicted octanol–water partition coefficient (Wildman–Crippen LogP) is 6.24. The molecular formula is C43H46Cl4Zr-2. The second kappa shape index (κ2) is 17.2. The van der Waals surface area contributed by atoms with Crippen LogP contribution in [0.4, 0.5) is 0 Å². The summed E-state index contributed by atoms with van der Waals surface area (Å²) in [5.74, 6) is 6.00. The zero-order chi connectivity index (χ0) is 32.4. The fraction of sp³-hybridized carbons (Fsp3) is 0.372. The van der Waals surface area contributed by atoms with Gasteiger partial charge in [0.25, 0.3) is 0 Å². The number of halogens is 4. The van der Waals surface area contributed by atoms with Crippen LogP contribution in [-0.4, -0.2) is 3.21 Å². The quantitative estimate of drug-likeness (QED) is 0.211. The monoisotopic (exact) mass is 792 g/mol. The van der Waals surface area contributed by atoms with Crippen LogP contribution in [0.5, 0.6) is 0 Å². The van der Waals surface area contributed by atoms with Crippen molar-refractivity contribution in [2.45, 2.75) is 72.1 Å². The fourth-order valence-electron chi connectivity index (χ4n) is 8.73. The normalized spacial score (nSPS) is 24.4. The van der Waals surface area contributed by atoms with Crippen LogP contribution in [0.25, 0.3) is 0 Å². The van der Waals surface area contributed by atoms with Gasteiger partial charge in [0.1, 0.15) is 0 Å². The predicted molar refractivity (Wildman–Crippen MR) is 193 cm³/mol. The Morgan fingerprint density at radius 3 is 1.88 bits per heavy atom. The molecule has 0 spiro atoms. The molecule has 4 aromatic rings. The van der Waals surface area contributed by atoms with Crippen molar-refractivity contribution >= 4 is 26.4 Å². The van der Waals surface area contributed by atoms with Gasteiger partial charge in [-0.05, 0) is 30.6 Å². The molecule has 0 nitrogen and oxygen atoms in total. The maximum absolute atomic E-state index is 5.86. The molecule has 0 radical (unpaired) electrons. The van der Waals surface area contributed by atoms with Crippen molar-refractivity contribution in [3.05, 3.63) is 152 Å². The third-order valence-electron chi connectivity index (χ3n) is 11.7. The Balaban J connectivity index is 0.000000195. The molecule has 2 saturated carbocycles. The molecule has 5 heteroatoms. The van der Waals surface area contributed by atoms with E-state index in [1.165, 1.54) is 77.1 Å². The second-order valence-electron chi connectivity index (χ2n) is 14.3. The minimum atomic E-state index is 0. The van der Waals surface area contributed by atoms with Crippen LogP contribution in [0.3, 0.4) is 0 Å². The molecule has 0 bridgehead atoms. The first-order valence-corrected chi connectivity index (χ1v) is 19.1. The van der Waals surface area contributed by atoms with Crippen LogP contribution in [0.15, 0.2) is 114 Å². The Kier molecular flexibility index (Phi) is 14.1. The van der Waals surface area contributed by atoms with Crippen molar-refractivity contribution in [1.82, 2.24) is 0 Å². The van der Waals surface area contributed by atoms with Crippen molar-refractivity contribution in [1.29, 1.82) is 0 Å². The Morgan fingerprint density at radius 2 is 1.33 bits per heavy atom. The molecule has 0 aromatic heterocycles. The summed E-state index contributed by atoms with van der Waals surface area (Å²) >= 11 is 13.1. The Labute approximate surface area is 326 Å². The van der Waals surface area contributed by atoms with Gasteiger partial charge in [-0.1, -0.05) is 99.1 Å². The molecule has 0 amide bonds. The van der Waals surface area contributed by atoms with E-state index in [9.17, 15) is 0 Å². The van der Waals surface area contributed by atoms with E-state index in [0.29, 0.717) is 5.41 Å². The smallest absolute Gasteiger partial charge is 0.172 e. The first kappa shape index (κ1) is 39.3. The van der Waals surface area contributed by atoms with Gasteiger partial charge in [-0.15, -0.1) is 6.92 Å². The van der Waals surface area contributed by atoms with Crippen LogP contribution >= 0.6 is 23.2 Å². The van der Waals surface area contributed by atoms with Crippen molar-refractivity contribution in [3.8, 4) is 0 Å². The number of allylic oxidation sites excluding steroid dienone is 2. The van der Waals surface area contributed by atoms with Crippen LogP contribution < -0.4 is 24.8 Å². The Bertz CT molecular complexity index is 1590. The van der Waals surface area contributed by atoms with E-state index in [-0.39, 0.29) is 24.8 Å². The molecule has 0 N–H and O–H groups in total. The topological polar surface area (TPSA) is 0 Å². The van der Waals surface area contributed by atoms with Gasteiger partial charge in [-0.3, -0.25) is 0 Å². The van der Waals surface area contributed by atoms with Gasteiger partial charge < -0.3 is 24.8 Å². The Morgan fingerprint density at radius 1 is 0.792 bits per heavy atom. The average Bonchev–Trinajstić information content (AvgIpc) is 3.77. The van der Waals surface area contributed by atoms with Crippen molar-refractivity contribution in [2.24, 2.45) is 29.1 Å². The van der Waals surface area contributed by atoms with Crippen LogP contribution in [0.2, 0.25) is 10.0 Å². The van der Waals surface area contributed by atoms with Crippen molar-refractivity contribution < 1.29 is 49.0 Å². The molecule has 5 atom stereocenters. The summed E-state index contributed by atoms with van der Waals surface area (Å²) in [5.41, 5.74) is 9.78. The average molecular weight is 796 g/mol. The maximum Gasteiger partial charge on any atom is -0.172 e.